The summed E-state index contributed by atoms with van der Waals surface area (Å²) < 4.78 is 10.1. The third-order valence-electron chi connectivity index (χ3n) is 2.95. The molecule has 0 radical (unpaired) electrons. The van der Waals surface area contributed by atoms with Crippen LogP contribution in [0.15, 0.2) is 47.1 Å². The summed E-state index contributed by atoms with van der Waals surface area (Å²) >= 11 is 0. The van der Waals surface area contributed by atoms with Crippen molar-refractivity contribution in [3.8, 4) is 0 Å². The van der Waals surface area contributed by atoms with Gasteiger partial charge in [0, 0.05) is 5.69 Å². The fourth-order valence-corrected chi connectivity index (χ4v) is 1.76. The number of hydrogen-bond acceptors (Lipinski definition) is 4. The summed E-state index contributed by atoms with van der Waals surface area (Å²) in [6, 6.07) is 10.5. The highest BCUT2D eigenvalue weighted by Crippen LogP contribution is 2.12. The smallest absolute Gasteiger partial charge is 0.374 e. The molecule has 1 aromatic carbocycles. The van der Waals surface area contributed by atoms with Crippen molar-refractivity contribution >= 4 is 17.6 Å². The average Bonchev–Trinajstić information content (AvgIpc) is 3.01. The number of anilines is 1. The molecule has 1 heterocycles. The molecule has 2 aromatic rings. The lowest BCUT2D eigenvalue weighted by Crippen LogP contribution is -2.32. The molecule has 5 heteroatoms. The van der Waals surface area contributed by atoms with Crippen LogP contribution in [0.3, 0.4) is 0 Å². The molecule has 0 aliphatic carbocycles. The van der Waals surface area contributed by atoms with E-state index in [2.05, 4.69) is 5.32 Å². The number of nitrogens with one attached hydrogen (secondary N) is 1. The lowest BCUT2D eigenvalue weighted by Gasteiger charge is -2.15. The molecule has 0 spiro atoms. The summed E-state index contributed by atoms with van der Waals surface area (Å²) in [5, 5.41) is 2.72. The third-order valence-corrected chi connectivity index (χ3v) is 2.95. The van der Waals surface area contributed by atoms with Crippen LogP contribution in [0.2, 0.25) is 0 Å². The van der Waals surface area contributed by atoms with Crippen molar-refractivity contribution in [1.29, 1.82) is 0 Å². The number of aryl methyl sites for hydroxylation is 1. The number of amides is 1. The van der Waals surface area contributed by atoms with Gasteiger partial charge in [-0.15, -0.1) is 0 Å². The van der Waals surface area contributed by atoms with Gasteiger partial charge in [0.15, 0.2) is 6.10 Å². The highest BCUT2D eigenvalue weighted by Gasteiger charge is 2.23. The van der Waals surface area contributed by atoms with Crippen molar-refractivity contribution in [2.75, 3.05) is 5.32 Å². The molecule has 5 nitrogen and oxygen atoms in total. The quantitative estimate of drug-likeness (QED) is 0.858. The Morgan fingerprint density at radius 1 is 1.24 bits per heavy atom. The van der Waals surface area contributed by atoms with Crippen LogP contribution in [-0.4, -0.2) is 18.0 Å². The van der Waals surface area contributed by atoms with E-state index in [4.69, 9.17) is 9.15 Å². The molecule has 1 unspecified atom stereocenters. The Hall–Kier alpha value is -2.56. The van der Waals surface area contributed by atoms with Gasteiger partial charge in [0.05, 0.1) is 6.26 Å². The van der Waals surface area contributed by atoms with Gasteiger partial charge in [0.1, 0.15) is 0 Å². The topological polar surface area (TPSA) is 68.5 Å². The van der Waals surface area contributed by atoms with E-state index in [-0.39, 0.29) is 11.7 Å². The highest BCUT2D eigenvalue weighted by molar-refractivity contribution is 5.96. The Bertz CT molecular complexity index is 602. The first-order valence-corrected chi connectivity index (χ1v) is 6.72. The minimum absolute atomic E-state index is 0.0802. The summed E-state index contributed by atoms with van der Waals surface area (Å²) in [6.07, 6.45) is 0.901. The standard InChI is InChI=1S/C16H17NO4/c1-3-13(21-16(19)14-5-4-10-20-14)15(18)17-12-8-6-11(2)7-9-12/h4-10,13H,3H2,1-2H3,(H,17,18). The lowest BCUT2D eigenvalue weighted by atomic mass is 10.2. The molecule has 110 valence electrons. The monoisotopic (exact) mass is 287 g/mol. The number of rotatable bonds is 5. The first-order valence-electron chi connectivity index (χ1n) is 6.72. The normalized spacial score (nSPS) is 11.7. The Morgan fingerprint density at radius 3 is 2.52 bits per heavy atom. The van der Waals surface area contributed by atoms with Gasteiger partial charge < -0.3 is 14.5 Å². The molecular formula is C16H17NO4. The Labute approximate surface area is 122 Å². The van der Waals surface area contributed by atoms with E-state index in [9.17, 15) is 9.59 Å². The predicted molar refractivity (Wildman–Crippen MR) is 78.0 cm³/mol. The molecule has 0 fully saturated rings. The van der Waals surface area contributed by atoms with E-state index >= 15 is 0 Å². The average molecular weight is 287 g/mol. The van der Waals surface area contributed by atoms with Gasteiger partial charge in [-0.1, -0.05) is 24.6 Å². The largest absolute Gasteiger partial charge is 0.457 e. The molecule has 1 N–H and O–H groups in total. The molecule has 0 saturated heterocycles. The van der Waals surface area contributed by atoms with E-state index in [0.29, 0.717) is 12.1 Å². The first kappa shape index (κ1) is 14.8. The van der Waals surface area contributed by atoms with Crippen LogP contribution in [0.1, 0.15) is 29.5 Å². The maximum absolute atomic E-state index is 12.1. The molecule has 1 aromatic heterocycles. The second-order valence-electron chi connectivity index (χ2n) is 4.63. The second kappa shape index (κ2) is 6.74. The molecule has 0 aliphatic heterocycles. The minimum Gasteiger partial charge on any atom is -0.457 e. The van der Waals surface area contributed by atoms with Crippen LogP contribution < -0.4 is 5.32 Å². The van der Waals surface area contributed by atoms with Crippen molar-refractivity contribution < 1.29 is 18.7 Å². The zero-order valence-corrected chi connectivity index (χ0v) is 12.0. The van der Waals surface area contributed by atoms with Gasteiger partial charge in [-0.3, -0.25) is 4.79 Å². The lowest BCUT2D eigenvalue weighted by molar-refractivity contribution is -0.124. The zero-order chi connectivity index (χ0) is 15.2. The van der Waals surface area contributed by atoms with Crippen molar-refractivity contribution in [2.24, 2.45) is 0 Å². The summed E-state index contributed by atoms with van der Waals surface area (Å²) in [5.74, 6) is -0.927. The number of hydrogen-bond donors (Lipinski definition) is 1. The molecule has 0 bridgehead atoms. The number of esters is 1. The van der Waals surface area contributed by atoms with E-state index in [1.807, 2.05) is 19.1 Å². The Balaban J connectivity index is 1.98. The molecule has 2 rings (SSSR count). The van der Waals surface area contributed by atoms with Gasteiger partial charge >= 0.3 is 5.97 Å². The third kappa shape index (κ3) is 3.95. The number of carbonyl (C=O) groups excluding carboxylic acids is 2. The fourth-order valence-electron chi connectivity index (χ4n) is 1.76. The van der Waals surface area contributed by atoms with Crippen molar-refractivity contribution in [3.05, 3.63) is 54.0 Å². The molecular weight excluding hydrogens is 270 g/mol. The summed E-state index contributed by atoms with van der Waals surface area (Å²) in [4.78, 5) is 23.9. The van der Waals surface area contributed by atoms with Gasteiger partial charge in [0.25, 0.3) is 5.91 Å². The maximum Gasteiger partial charge on any atom is 0.374 e. The van der Waals surface area contributed by atoms with Crippen LogP contribution >= 0.6 is 0 Å². The Kier molecular flexibility index (Phi) is 4.77. The van der Waals surface area contributed by atoms with Crippen LogP contribution in [0.4, 0.5) is 5.69 Å². The fraction of sp³-hybridized carbons (Fsp3) is 0.250. The first-order chi connectivity index (χ1) is 10.1. The van der Waals surface area contributed by atoms with E-state index in [1.54, 1.807) is 25.1 Å². The summed E-state index contributed by atoms with van der Waals surface area (Å²) in [7, 11) is 0. The van der Waals surface area contributed by atoms with Crippen LogP contribution in [0.25, 0.3) is 0 Å². The molecule has 21 heavy (non-hydrogen) atoms. The van der Waals surface area contributed by atoms with Crippen molar-refractivity contribution in [1.82, 2.24) is 0 Å². The molecule has 0 aliphatic rings. The van der Waals surface area contributed by atoms with E-state index in [0.717, 1.165) is 5.56 Å². The van der Waals surface area contributed by atoms with Crippen LogP contribution in [0, 0.1) is 6.92 Å². The van der Waals surface area contributed by atoms with Gasteiger partial charge in [0.2, 0.25) is 5.76 Å². The van der Waals surface area contributed by atoms with Crippen molar-refractivity contribution in [3.63, 3.8) is 0 Å². The van der Waals surface area contributed by atoms with Gasteiger partial charge in [-0.2, -0.15) is 0 Å². The Morgan fingerprint density at radius 2 is 1.95 bits per heavy atom. The van der Waals surface area contributed by atoms with E-state index < -0.39 is 12.1 Å². The maximum atomic E-state index is 12.1. The second-order valence-corrected chi connectivity index (χ2v) is 4.63. The molecule has 0 saturated carbocycles. The van der Waals surface area contributed by atoms with Crippen LogP contribution in [-0.2, 0) is 9.53 Å². The predicted octanol–water partition coefficient (Wildman–Crippen LogP) is 3.16. The highest BCUT2D eigenvalue weighted by atomic mass is 16.6. The molecule has 1 amide bonds. The zero-order valence-electron chi connectivity index (χ0n) is 12.0. The van der Waals surface area contributed by atoms with Gasteiger partial charge in [-0.05, 0) is 37.6 Å². The SMILES string of the molecule is CCC(OC(=O)c1ccco1)C(=O)Nc1ccc(C)cc1. The summed E-state index contributed by atoms with van der Waals surface area (Å²) in [6.45, 7) is 3.74. The number of furan rings is 1. The molecule has 1 atom stereocenters. The van der Waals surface area contributed by atoms with Crippen molar-refractivity contribution in [2.45, 2.75) is 26.4 Å². The minimum atomic E-state index is -0.857. The summed E-state index contributed by atoms with van der Waals surface area (Å²) in [5.41, 5.74) is 1.77. The number of ether oxygens (including phenoxy) is 1. The van der Waals surface area contributed by atoms with E-state index in [1.165, 1.54) is 12.3 Å². The van der Waals surface area contributed by atoms with Gasteiger partial charge in [-0.25, -0.2) is 4.79 Å². The number of carbonyl (C=O) groups is 2. The van der Waals surface area contributed by atoms with Crippen LogP contribution in [0.5, 0.6) is 0 Å². The number of benzene rings is 1.